The van der Waals surface area contributed by atoms with E-state index in [2.05, 4.69) is 15.9 Å². The Hall–Kier alpha value is -2.10. The number of halogens is 1. The minimum atomic E-state index is -3.59. The van der Waals surface area contributed by atoms with Crippen LogP contribution < -0.4 is 9.47 Å². The Labute approximate surface area is 172 Å². The van der Waals surface area contributed by atoms with Crippen LogP contribution in [0.5, 0.6) is 11.5 Å². The minimum Gasteiger partial charge on any atom is -0.485 e. The van der Waals surface area contributed by atoms with Crippen molar-refractivity contribution in [2.24, 2.45) is 0 Å². The van der Waals surface area contributed by atoms with Gasteiger partial charge in [0, 0.05) is 30.7 Å². The van der Waals surface area contributed by atoms with Crippen LogP contribution in [0.2, 0.25) is 0 Å². The van der Waals surface area contributed by atoms with E-state index in [9.17, 15) is 13.2 Å². The lowest BCUT2D eigenvalue weighted by Crippen LogP contribution is -2.55. The molecule has 2 aliphatic rings. The molecule has 2 aromatic rings. The van der Waals surface area contributed by atoms with Gasteiger partial charge in [0.2, 0.25) is 16.1 Å². The summed E-state index contributed by atoms with van der Waals surface area (Å²) in [6, 6.07) is 13.8. The third-order valence-electron chi connectivity index (χ3n) is 4.77. The normalized spacial score (nSPS) is 20.0. The van der Waals surface area contributed by atoms with Crippen molar-refractivity contribution < 1.29 is 22.7 Å². The third-order valence-corrected chi connectivity index (χ3v) is 7.16. The van der Waals surface area contributed by atoms with Crippen LogP contribution in [0.3, 0.4) is 0 Å². The second kappa shape index (κ2) is 7.73. The fourth-order valence-corrected chi connectivity index (χ4v) is 5.29. The maximum Gasteiger partial charge on any atom is 0.267 e. The molecule has 0 bridgehead atoms. The summed E-state index contributed by atoms with van der Waals surface area (Å²) >= 11 is 3.30. The van der Waals surface area contributed by atoms with Crippen molar-refractivity contribution in [1.82, 2.24) is 9.21 Å². The van der Waals surface area contributed by atoms with E-state index in [1.807, 2.05) is 12.1 Å². The van der Waals surface area contributed by atoms with Crippen LogP contribution in [0.15, 0.2) is 57.9 Å². The molecule has 0 spiro atoms. The number of nitrogens with zero attached hydrogens (tertiary/aromatic N) is 2. The van der Waals surface area contributed by atoms with Crippen molar-refractivity contribution in [3.05, 3.63) is 53.0 Å². The maximum atomic E-state index is 12.8. The first-order chi connectivity index (χ1) is 13.4. The number of carbonyl (C=O) groups is 1. The Morgan fingerprint density at radius 2 is 1.71 bits per heavy atom. The van der Waals surface area contributed by atoms with Gasteiger partial charge in [0.25, 0.3) is 5.91 Å². The zero-order chi connectivity index (χ0) is 19.7. The number of hydrogen-bond donors (Lipinski definition) is 0. The Morgan fingerprint density at radius 1 is 1.00 bits per heavy atom. The van der Waals surface area contributed by atoms with E-state index < -0.39 is 16.1 Å². The third kappa shape index (κ3) is 3.74. The summed E-state index contributed by atoms with van der Waals surface area (Å²) in [5, 5.41) is 0. The highest BCUT2D eigenvalue weighted by Crippen LogP contribution is 2.31. The van der Waals surface area contributed by atoms with Crippen molar-refractivity contribution >= 4 is 31.9 Å². The monoisotopic (exact) mass is 466 g/mol. The fourth-order valence-electron chi connectivity index (χ4n) is 3.27. The SMILES string of the molecule is O=C(C1COc2ccccc2O1)N1CCN(S(=O)(=O)c2cccc(Br)c2)CC1. The number of amides is 1. The summed E-state index contributed by atoms with van der Waals surface area (Å²) in [7, 11) is -3.59. The number of rotatable bonds is 3. The molecule has 4 rings (SSSR count). The number of para-hydroxylation sites is 2. The molecule has 9 heteroatoms. The van der Waals surface area contributed by atoms with E-state index in [1.54, 1.807) is 41.3 Å². The van der Waals surface area contributed by atoms with Crippen molar-refractivity contribution in [1.29, 1.82) is 0 Å². The first-order valence-electron chi connectivity index (χ1n) is 8.88. The van der Waals surface area contributed by atoms with Crippen LogP contribution >= 0.6 is 15.9 Å². The average Bonchev–Trinajstić information content (AvgIpc) is 2.73. The predicted molar refractivity (Wildman–Crippen MR) is 106 cm³/mol. The Balaban J connectivity index is 1.40. The van der Waals surface area contributed by atoms with Gasteiger partial charge in [0.1, 0.15) is 6.61 Å². The molecule has 2 aliphatic heterocycles. The standard InChI is InChI=1S/C19H19BrN2O5S/c20-14-4-3-5-15(12-14)28(24,25)22-10-8-21(9-11-22)19(23)18-13-26-16-6-1-2-7-17(16)27-18/h1-7,12,18H,8-11,13H2. The van der Waals surface area contributed by atoms with Crippen LogP contribution in [-0.2, 0) is 14.8 Å². The average molecular weight is 467 g/mol. The van der Waals surface area contributed by atoms with Crippen LogP contribution in [0.1, 0.15) is 0 Å². The van der Waals surface area contributed by atoms with Crippen molar-refractivity contribution in [3.63, 3.8) is 0 Å². The summed E-state index contributed by atoms with van der Waals surface area (Å²) in [5.74, 6) is 0.980. The van der Waals surface area contributed by atoms with Crippen molar-refractivity contribution in [2.45, 2.75) is 11.0 Å². The van der Waals surface area contributed by atoms with Crippen LogP contribution in [0.25, 0.3) is 0 Å². The lowest BCUT2D eigenvalue weighted by atomic mass is 10.2. The molecule has 0 radical (unpaired) electrons. The second-order valence-corrected chi connectivity index (χ2v) is 9.40. The largest absolute Gasteiger partial charge is 0.485 e. The van der Waals surface area contributed by atoms with E-state index in [0.29, 0.717) is 29.1 Å². The fraction of sp³-hybridized carbons (Fsp3) is 0.316. The molecule has 1 fully saturated rings. The van der Waals surface area contributed by atoms with Gasteiger partial charge >= 0.3 is 0 Å². The predicted octanol–water partition coefficient (Wildman–Crippen LogP) is 2.12. The maximum absolute atomic E-state index is 12.8. The zero-order valence-corrected chi connectivity index (χ0v) is 17.4. The lowest BCUT2D eigenvalue weighted by molar-refractivity contribution is -0.142. The van der Waals surface area contributed by atoms with Gasteiger partial charge in [-0.2, -0.15) is 4.31 Å². The molecule has 0 aromatic heterocycles. The molecule has 0 N–H and O–H groups in total. The number of ether oxygens (including phenoxy) is 2. The summed E-state index contributed by atoms with van der Waals surface area (Å²) in [4.78, 5) is 14.7. The summed E-state index contributed by atoms with van der Waals surface area (Å²) in [6.45, 7) is 1.25. The van der Waals surface area contributed by atoms with Crippen molar-refractivity contribution in [3.8, 4) is 11.5 Å². The van der Waals surface area contributed by atoms with Gasteiger partial charge in [0.05, 0.1) is 4.90 Å². The molecule has 0 saturated carbocycles. The number of carbonyl (C=O) groups excluding carboxylic acids is 1. The number of sulfonamides is 1. The number of fused-ring (bicyclic) bond motifs is 1. The van der Waals surface area contributed by atoms with Crippen LogP contribution in [0, 0.1) is 0 Å². The number of piperazine rings is 1. The molecule has 1 unspecified atom stereocenters. The molecule has 2 heterocycles. The lowest BCUT2D eigenvalue weighted by Gasteiger charge is -2.36. The summed E-state index contributed by atoms with van der Waals surface area (Å²) in [6.07, 6.45) is -0.719. The highest BCUT2D eigenvalue weighted by molar-refractivity contribution is 9.10. The van der Waals surface area contributed by atoms with Crippen molar-refractivity contribution in [2.75, 3.05) is 32.8 Å². The second-order valence-electron chi connectivity index (χ2n) is 6.55. The quantitative estimate of drug-likeness (QED) is 0.692. The Morgan fingerprint density at radius 3 is 2.43 bits per heavy atom. The smallest absolute Gasteiger partial charge is 0.267 e. The van der Waals surface area contributed by atoms with E-state index in [0.717, 1.165) is 0 Å². The highest BCUT2D eigenvalue weighted by Gasteiger charge is 2.35. The molecule has 28 heavy (non-hydrogen) atoms. The first-order valence-corrected chi connectivity index (χ1v) is 11.1. The van der Waals surface area contributed by atoms with E-state index in [1.165, 1.54) is 4.31 Å². The van der Waals surface area contributed by atoms with Gasteiger partial charge in [-0.15, -0.1) is 0 Å². The Bertz CT molecular complexity index is 989. The molecule has 1 amide bonds. The molecule has 148 valence electrons. The summed E-state index contributed by atoms with van der Waals surface area (Å²) < 4.78 is 39.1. The molecule has 2 aromatic carbocycles. The molecule has 7 nitrogen and oxygen atoms in total. The minimum absolute atomic E-state index is 0.145. The van der Waals surface area contributed by atoms with Gasteiger partial charge in [-0.3, -0.25) is 4.79 Å². The topological polar surface area (TPSA) is 76.2 Å². The molecular weight excluding hydrogens is 448 g/mol. The number of hydrogen-bond acceptors (Lipinski definition) is 5. The zero-order valence-electron chi connectivity index (χ0n) is 15.0. The van der Waals surface area contributed by atoms with Gasteiger partial charge in [-0.1, -0.05) is 34.1 Å². The molecular formula is C19H19BrN2O5S. The van der Waals surface area contributed by atoms with Gasteiger partial charge in [0.15, 0.2) is 11.5 Å². The van der Waals surface area contributed by atoms with E-state index in [4.69, 9.17) is 9.47 Å². The summed E-state index contributed by atoms with van der Waals surface area (Å²) in [5.41, 5.74) is 0. The van der Waals surface area contributed by atoms with Crippen LogP contribution in [-0.4, -0.2) is 62.4 Å². The van der Waals surface area contributed by atoms with Crippen LogP contribution in [0.4, 0.5) is 0 Å². The molecule has 1 saturated heterocycles. The molecule has 0 aliphatic carbocycles. The highest BCUT2D eigenvalue weighted by atomic mass is 79.9. The first kappa shape index (κ1) is 19.2. The Kier molecular flexibility index (Phi) is 5.31. The van der Waals surface area contributed by atoms with E-state index >= 15 is 0 Å². The van der Waals surface area contributed by atoms with E-state index in [-0.39, 0.29) is 30.5 Å². The molecule has 1 atom stereocenters. The van der Waals surface area contributed by atoms with Gasteiger partial charge < -0.3 is 14.4 Å². The number of benzene rings is 2. The van der Waals surface area contributed by atoms with Gasteiger partial charge in [-0.05, 0) is 30.3 Å². The van der Waals surface area contributed by atoms with Gasteiger partial charge in [-0.25, -0.2) is 8.42 Å².